The number of ketones is 1. The lowest BCUT2D eigenvalue weighted by Gasteiger charge is -2.25. The first-order chi connectivity index (χ1) is 19.8. The lowest BCUT2D eigenvalue weighted by molar-refractivity contribution is -0.321. The Morgan fingerprint density at radius 2 is 1.57 bits per heavy atom. The lowest BCUT2D eigenvalue weighted by Crippen LogP contribution is -2.54. The van der Waals surface area contributed by atoms with Crippen LogP contribution < -0.4 is 21.3 Å². The summed E-state index contributed by atoms with van der Waals surface area (Å²) in [5, 5.41) is 10.2. The Morgan fingerprint density at radius 1 is 0.952 bits per heavy atom. The van der Waals surface area contributed by atoms with Crippen LogP contribution >= 0.6 is 0 Å². The van der Waals surface area contributed by atoms with Crippen LogP contribution in [0.15, 0.2) is 18.2 Å². The topological polar surface area (TPSA) is 143 Å². The quantitative estimate of drug-likeness (QED) is 0.259. The largest absolute Gasteiger partial charge is 0.522 e. The molecule has 1 aromatic carbocycles. The summed E-state index contributed by atoms with van der Waals surface area (Å²) in [6, 6.07) is 3.10. The number of Topliss-reactive ketones (excluding diaryl/α,β-unsaturated/α-hetero) is 1. The number of benzene rings is 1. The van der Waals surface area contributed by atoms with Crippen LogP contribution in [0, 0.1) is 11.8 Å². The van der Waals surface area contributed by atoms with E-state index in [2.05, 4.69) is 26.0 Å². The molecule has 3 atom stereocenters. The zero-order valence-corrected chi connectivity index (χ0v) is 23.6. The number of amides is 4. The highest BCUT2D eigenvalue weighted by Gasteiger charge is 2.37. The molecule has 0 aromatic heterocycles. The monoisotopic (exact) mass is 594 g/mol. The molecule has 2 saturated carbocycles. The summed E-state index contributed by atoms with van der Waals surface area (Å²) < 4.78 is 41.4. The number of carbonyl (C=O) groups is 5. The number of rotatable bonds is 13. The maximum absolute atomic E-state index is 13.3. The van der Waals surface area contributed by atoms with Crippen LogP contribution in [0.25, 0.3) is 0 Å². The third kappa shape index (κ3) is 8.76. The fourth-order valence-corrected chi connectivity index (χ4v) is 5.25. The Morgan fingerprint density at radius 3 is 2.07 bits per heavy atom. The zero-order valence-electron chi connectivity index (χ0n) is 23.6. The van der Waals surface area contributed by atoms with Gasteiger partial charge in [-0.05, 0) is 73.8 Å². The van der Waals surface area contributed by atoms with Crippen molar-refractivity contribution >= 4 is 35.1 Å². The Bertz CT molecular complexity index is 1180. The highest BCUT2D eigenvalue weighted by atomic mass is 19.4. The van der Waals surface area contributed by atoms with Gasteiger partial charge in [0.15, 0.2) is 5.78 Å². The van der Waals surface area contributed by atoms with E-state index in [1.165, 1.54) is 0 Å². The number of anilines is 1. The number of para-hydroxylation sites is 1. The minimum Gasteiger partial charge on any atom is -0.356 e. The molecule has 13 heteroatoms. The van der Waals surface area contributed by atoms with E-state index in [0.717, 1.165) is 36.8 Å². The van der Waals surface area contributed by atoms with Gasteiger partial charge in [-0.25, -0.2) is 0 Å². The van der Waals surface area contributed by atoms with Crippen LogP contribution in [0.1, 0.15) is 81.8 Å². The predicted octanol–water partition coefficient (Wildman–Crippen LogP) is 3.03. The normalized spacial score (nSPS) is 20.0. The summed E-state index contributed by atoms with van der Waals surface area (Å²) in [6.07, 6.45) is -0.883. The molecule has 0 spiro atoms. The van der Waals surface area contributed by atoms with Crippen molar-refractivity contribution < 1.29 is 41.9 Å². The van der Waals surface area contributed by atoms with E-state index in [1.807, 2.05) is 18.2 Å². The van der Waals surface area contributed by atoms with E-state index >= 15 is 0 Å². The van der Waals surface area contributed by atoms with Crippen molar-refractivity contribution in [3.63, 3.8) is 0 Å². The predicted molar refractivity (Wildman–Crippen MR) is 145 cm³/mol. The SMILES string of the molecule is CC(C)C[C@H](NC(=O)C(=O)Nc1c(C2CC2)cccc1C1CC1)C(=O)N[C@@H](C[C@@H]1CCNC1=O)C(=O)COC(F)(F)F. The molecule has 4 amide bonds. The van der Waals surface area contributed by atoms with Crippen LogP contribution in [0.3, 0.4) is 0 Å². The number of hydrogen-bond acceptors (Lipinski definition) is 6. The van der Waals surface area contributed by atoms with Gasteiger partial charge in [0.1, 0.15) is 12.6 Å². The third-order valence-electron chi connectivity index (χ3n) is 7.70. The van der Waals surface area contributed by atoms with Crippen molar-refractivity contribution in [2.75, 3.05) is 18.5 Å². The van der Waals surface area contributed by atoms with Gasteiger partial charge in [0.2, 0.25) is 11.8 Å². The highest BCUT2D eigenvalue weighted by Crippen LogP contribution is 2.49. The molecule has 1 heterocycles. The molecule has 1 saturated heterocycles. The van der Waals surface area contributed by atoms with Crippen LogP contribution in [0.4, 0.5) is 18.9 Å². The molecule has 3 fully saturated rings. The number of halogens is 3. The van der Waals surface area contributed by atoms with Crippen molar-refractivity contribution in [3.05, 3.63) is 29.3 Å². The Hall–Kier alpha value is -3.48. The first kappa shape index (κ1) is 31.5. The molecule has 0 radical (unpaired) electrons. The smallest absolute Gasteiger partial charge is 0.356 e. The molecular formula is C29H37F3N4O6. The van der Waals surface area contributed by atoms with E-state index < -0.39 is 54.5 Å². The van der Waals surface area contributed by atoms with Crippen LogP contribution in [-0.2, 0) is 28.7 Å². The van der Waals surface area contributed by atoms with Gasteiger partial charge in [-0.2, -0.15) is 0 Å². The van der Waals surface area contributed by atoms with Gasteiger partial charge in [-0.1, -0.05) is 32.0 Å². The molecule has 0 bridgehead atoms. The second-order valence-electron chi connectivity index (χ2n) is 11.7. The Labute approximate surface area is 241 Å². The number of ether oxygens (including phenoxy) is 1. The average Bonchev–Trinajstić information content (AvgIpc) is 3.84. The molecule has 42 heavy (non-hydrogen) atoms. The molecule has 1 aromatic rings. The van der Waals surface area contributed by atoms with Crippen molar-refractivity contribution in [2.45, 2.75) is 89.1 Å². The molecule has 230 valence electrons. The number of hydrogen-bond donors (Lipinski definition) is 4. The summed E-state index contributed by atoms with van der Waals surface area (Å²) in [4.78, 5) is 64.1. The van der Waals surface area contributed by atoms with Gasteiger partial charge >= 0.3 is 18.2 Å². The molecule has 4 N–H and O–H groups in total. The first-order valence-corrected chi connectivity index (χ1v) is 14.4. The van der Waals surface area contributed by atoms with Crippen molar-refractivity contribution in [1.82, 2.24) is 16.0 Å². The maximum atomic E-state index is 13.3. The minimum atomic E-state index is -5.06. The van der Waals surface area contributed by atoms with Crippen molar-refractivity contribution in [3.8, 4) is 0 Å². The van der Waals surface area contributed by atoms with Gasteiger partial charge in [0.05, 0.1) is 6.04 Å². The summed E-state index contributed by atoms with van der Waals surface area (Å²) >= 11 is 0. The molecule has 2 aliphatic carbocycles. The highest BCUT2D eigenvalue weighted by molar-refractivity contribution is 6.40. The third-order valence-corrected chi connectivity index (χ3v) is 7.70. The number of alkyl halides is 3. The second-order valence-corrected chi connectivity index (χ2v) is 11.7. The first-order valence-electron chi connectivity index (χ1n) is 14.4. The zero-order chi connectivity index (χ0) is 30.6. The summed E-state index contributed by atoms with van der Waals surface area (Å²) in [6.45, 7) is 2.55. The van der Waals surface area contributed by atoms with Gasteiger partial charge in [0.25, 0.3) is 0 Å². The average molecular weight is 595 g/mol. The molecule has 0 unspecified atom stereocenters. The van der Waals surface area contributed by atoms with E-state index in [4.69, 9.17) is 0 Å². The van der Waals surface area contributed by atoms with E-state index in [-0.39, 0.29) is 24.7 Å². The minimum absolute atomic E-state index is 0.0840. The number of carbonyl (C=O) groups excluding carboxylic acids is 5. The summed E-state index contributed by atoms with van der Waals surface area (Å²) in [5.74, 6) is -4.49. The molecule has 3 aliphatic rings. The van der Waals surface area contributed by atoms with Crippen molar-refractivity contribution in [1.29, 1.82) is 0 Å². The Balaban J connectivity index is 1.45. The lowest BCUT2D eigenvalue weighted by atomic mass is 9.95. The van der Waals surface area contributed by atoms with Crippen LogP contribution in [-0.4, -0.2) is 61.0 Å². The molecular weight excluding hydrogens is 557 g/mol. The van der Waals surface area contributed by atoms with E-state index in [1.54, 1.807) is 13.8 Å². The van der Waals surface area contributed by atoms with Gasteiger partial charge in [-0.3, -0.25) is 28.7 Å². The Kier molecular flexibility index (Phi) is 9.90. The van der Waals surface area contributed by atoms with Crippen molar-refractivity contribution in [2.24, 2.45) is 11.8 Å². The van der Waals surface area contributed by atoms with E-state index in [0.29, 0.717) is 30.5 Å². The second kappa shape index (κ2) is 13.2. The van der Waals surface area contributed by atoms with E-state index in [9.17, 15) is 37.1 Å². The van der Waals surface area contributed by atoms with Gasteiger partial charge < -0.3 is 21.3 Å². The molecule has 1 aliphatic heterocycles. The van der Waals surface area contributed by atoms with Gasteiger partial charge in [-0.15, -0.1) is 13.2 Å². The summed E-state index contributed by atoms with van der Waals surface area (Å²) in [7, 11) is 0. The fraction of sp³-hybridized carbons (Fsp3) is 0.621. The molecule has 10 nitrogen and oxygen atoms in total. The fourth-order valence-electron chi connectivity index (χ4n) is 5.25. The van der Waals surface area contributed by atoms with Crippen LogP contribution in [0.2, 0.25) is 0 Å². The maximum Gasteiger partial charge on any atom is 0.522 e. The number of nitrogens with one attached hydrogen (secondary N) is 4. The standard InChI is InChI=1S/C29H37F3N4O6/c1-15(2)12-22(26(39)34-21(13-18-10-11-33-25(18)38)23(37)14-42-29(30,31)32)35-27(40)28(41)36-24-19(16-6-7-16)4-3-5-20(24)17-8-9-17/h3-5,15-18,21-22H,6-14H2,1-2H3,(H,33,38)(H,34,39)(H,35,40)(H,36,41)/t18-,21-,22-/m0/s1. The van der Waals surface area contributed by atoms with Crippen LogP contribution in [0.5, 0.6) is 0 Å². The van der Waals surface area contributed by atoms with Gasteiger partial charge in [0, 0.05) is 18.2 Å². The summed E-state index contributed by atoms with van der Waals surface area (Å²) in [5.41, 5.74) is 2.60. The molecule has 4 rings (SSSR count).